The Kier molecular flexibility index (Phi) is 6.58. The van der Waals surface area contributed by atoms with Crippen molar-refractivity contribution in [2.75, 3.05) is 32.7 Å². The van der Waals surface area contributed by atoms with Crippen LogP contribution in [0.5, 0.6) is 0 Å². The fraction of sp³-hybridized carbons (Fsp3) is 0.611. The van der Waals surface area contributed by atoms with E-state index in [4.69, 9.17) is 4.52 Å². The maximum Gasteiger partial charge on any atom is 0.227 e. The second-order valence-electron chi connectivity index (χ2n) is 6.42. The molecule has 0 atom stereocenters. The van der Waals surface area contributed by atoms with E-state index in [9.17, 15) is 4.79 Å². The maximum atomic E-state index is 12.0. The summed E-state index contributed by atoms with van der Waals surface area (Å²) < 4.78 is 5.34. The average Bonchev–Trinajstić information content (AvgIpc) is 3.31. The molecule has 1 aliphatic heterocycles. The van der Waals surface area contributed by atoms with Gasteiger partial charge in [0, 0.05) is 39.0 Å². The summed E-state index contributed by atoms with van der Waals surface area (Å²) in [5.41, 5.74) is 0. The van der Waals surface area contributed by atoms with Crippen LogP contribution in [0.3, 0.4) is 0 Å². The van der Waals surface area contributed by atoms with Crippen molar-refractivity contribution in [2.45, 2.75) is 39.0 Å². The lowest BCUT2D eigenvalue weighted by molar-refractivity contribution is -0.133. The molecular weight excluding hydrogens is 336 g/mol. The molecule has 1 fully saturated rings. The zero-order chi connectivity index (χ0) is 17.5. The molecule has 0 unspecified atom stereocenters. The van der Waals surface area contributed by atoms with Crippen molar-refractivity contribution in [1.29, 1.82) is 0 Å². The predicted octanol–water partition coefficient (Wildman–Crippen LogP) is 3.07. The Balaban J connectivity index is 1.36. The van der Waals surface area contributed by atoms with Crippen molar-refractivity contribution >= 4 is 17.2 Å². The number of hydrogen-bond donors (Lipinski definition) is 0. The lowest BCUT2D eigenvalue weighted by Gasteiger charge is -2.34. The lowest BCUT2D eigenvalue weighted by atomic mass is 10.2. The highest BCUT2D eigenvalue weighted by Crippen LogP contribution is 2.21. The van der Waals surface area contributed by atoms with Gasteiger partial charge in [-0.15, -0.1) is 11.3 Å². The Morgan fingerprint density at radius 1 is 1.28 bits per heavy atom. The van der Waals surface area contributed by atoms with E-state index in [-0.39, 0.29) is 0 Å². The summed E-state index contributed by atoms with van der Waals surface area (Å²) in [7, 11) is 0. The van der Waals surface area contributed by atoms with Crippen LogP contribution in [0.4, 0.5) is 0 Å². The van der Waals surface area contributed by atoms with Crippen LogP contribution in [-0.2, 0) is 11.2 Å². The minimum atomic E-state index is 0.313. The van der Waals surface area contributed by atoms with Crippen molar-refractivity contribution in [3.63, 3.8) is 0 Å². The Labute approximate surface area is 152 Å². The van der Waals surface area contributed by atoms with Crippen LogP contribution in [0.2, 0.25) is 0 Å². The van der Waals surface area contributed by atoms with Gasteiger partial charge in [0.15, 0.2) is 0 Å². The second kappa shape index (κ2) is 9.10. The Hall–Kier alpha value is -1.73. The first-order valence-electron chi connectivity index (χ1n) is 9.13. The molecule has 0 spiro atoms. The first-order valence-corrected chi connectivity index (χ1v) is 10.0. The number of carbonyl (C=O) groups excluding carboxylic acids is 1. The number of carbonyl (C=O) groups is 1. The zero-order valence-electron chi connectivity index (χ0n) is 14.8. The van der Waals surface area contributed by atoms with E-state index in [1.165, 1.54) is 0 Å². The van der Waals surface area contributed by atoms with Gasteiger partial charge in [0.1, 0.15) is 0 Å². The van der Waals surface area contributed by atoms with Crippen molar-refractivity contribution in [3.8, 4) is 10.7 Å². The second-order valence-corrected chi connectivity index (χ2v) is 7.37. The highest BCUT2D eigenvalue weighted by molar-refractivity contribution is 7.13. The monoisotopic (exact) mass is 362 g/mol. The SMILES string of the molecule is CCCCC(=O)N1CCN(CCCc2nc(-c3cccs3)no2)CC1. The van der Waals surface area contributed by atoms with Crippen LogP contribution < -0.4 is 0 Å². The first-order chi connectivity index (χ1) is 12.3. The molecule has 3 heterocycles. The molecule has 6 nitrogen and oxygen atoms in total. The minimum Gasteiger partial charge on any atom is -0.340 e. The zero-order valence-corrected chi connectivity index (χ0v) is 15.6. The minimum absolute atomic E-state index is 0.313. The van der Waals surface area contributed by atoms with E-state index in [0.29, 0.717) is 24.0 Å². The molecule has 0 aromatic carbocycles. The van der Waals surface area contributed by atoms with Gasteiger partial charge in [0.05, 0.1) is 4.88 Å². The molecule has 0 bridgehead atoms. The number of unbranched alkanes of at least 4 members (excludes halogenated alkanes) is 1. The summed E-state index contributed by atoms with van der Waals surface area (Å²) in [6.45, 7) is 6.76. The van der Waals surface area contributed by atoms with E-state index in [0.717, 1.165) is 63.3 Å². The van der Waals surface area contributed by atoms with Gasteiger partial charge in [0.25, 0.3) is 0 Å². The number of amides is 1. The molecule has 2 aromatic rings. The summed E-state index contributed by atoms with van der Waals surface area (Å²) in [5, 5.41) is 6.06. The van der Waals surface area contributed by atoms with E-state index < -0.39 is 0 Å². The van der Waals surface area contributed by atoms with Crippen molar-refractivity contribution < 1.29 is 9.32 Å². The molecular formula is C18H26N4O2S. The van der Waals surface area contributed by atoms with Crippen LogP contribution in [0.1, 0.15) is 38.5 Å². The molecule has 2 aromatic heterocycles. The third-order valence-electron chi connectivity index (χ3n) is 4.54. The third-order valence-corrected chi connectivity index (χ3v) is 5.41. The molecule has 1 amide bonds. The number of rotatable bonds is 8. The van der Waals surface area contributed by atoms with Crippen LogP contribution in [-0.4, -0.2) is 58.6 Å². The summed E-state index contributed by atoms with van der Waals surface area (Å²) >= 11 is 1.62. The van der Waals surface area contributed by atoms with E-state index in [2.05, 4.69) is 22.0 Å². The van der Waals surface area contributed by atoms with Gasteiger partial charge in [-0.25, -0.2) is 0 Å². The number of piperazine rings is 1. The smallest absolute Gasteiger partial charge is 0.227 e. The van der Waals surface area contributed by atoms with Gasteiger partial charge in [-0.1, -0.05) is 24.6 Å². The maximum absolute atomic E-state index is 12.0. The molecule has 1 aliphatic rings. The van der Waals surface area contributed by atoms with Gasteiger partial charge in [-0.05, 0) is 30.8 Å². The van der Waals surface area contributed by atoms with Crippen molar-refractivity contribution in [1.82, 2.24) is 19.9 Å². The van der Waals surface area contributed by atoms with Gasteiger partial charge in [-0.2, -0.15) is 4.98 Å². The largest absolute Gasteiger partial charge is 0.340 e. The van der Waals surface area contributed by atoms with Crippen molar-refractivity contribution in [2.24, 2.45) is 0 Å². The number of nitrogens with zero attached hydrogens (tertiary/aromatic N) is 4. The number of aryl methyl sites for hydroxylation is 1. The Morgan fingerprint density at radius 3 is 2.84 bits per heavy atom. The molecule has 25 heavy (non-hydrogen) atoms. The molecule has 0 N–H and O–H groups in total. The summed E-state index contributed by atoms with van der Waals surface area (Å²) in [4.78, 5) is 22.0. The molecule has 0 aliphatic carbocycles. The van der Waals surface area contributed by atoms with Crippen LogP contribution in [0.25, 0.3) is 10.7 Å². The van der Waals surface area contributed by atoms with Crippen molar-refractivity contribution in [3.05, 3.63) is 23.4 Å². The topological polar surface area (TPSA) is 62.5 Å². The molecule has 0 saturated carbocycles. The molecule has 0 radical (unpaired) electrons. The van der Waals surface area contributed by atoms with Gasteiger partial charge in [0.2, 0.25) is 17.6 Å². The normalized spacial score (nSPS) is 15.6. The van der Waals surface area contributed by atoms with Gasteiger partial charge >= 0.3 is 0 Å². The van der Waals surface area contributed by atoms with Crippen LogP contribution in [0, 0.1) is 0 Å². The molecule has 136 valence electrons. The Bertz CT molecular complexity index is 648. The molecule has 1 saturated heterocycles. The molecule has 3 rings (SSSR count). The molecule has 7 heteroatoms. The van der Waals surface area contributed by atoms with Gasteiger partial charge < -0.3 is 9.42 Å². The highest BCUT2D eigenvalue weighted by atomic mass is 32.1. The fourth-order valence-electron chi connectivity index (χ4n) is 3.02. The highest BCUT2D eigenvalue weighted by Gasteiger charge is 2.20. The summed E-state index contributed by atoms with van der Waals surface area (Å²) in [6.07, 6.45) is 4.57. The summed E-state index contributed by atoms with van der Waals surface area (Å²) in [6, 6.07) is 3.99. The first kappa shape index (κ1) is 18.1. The van der Waals surface area contributed by atoms with E-state index in [1.54, 1.807) is 11.3 Å². The average molecular weight is 362 g/mol. The standard InChI is InChI=1S/C18H26N4O2S/c1-2-3-8-17(23)22-12-10-21(11-13-22)9-4-7-16-19-18(20-24-16)15-6-5-14-25-15/h5-6,14H,2-4,7-13H2,1H3. The Morgan fingerprint density at radius 2 is 2.12 bits per heavy atom. The number of aromatic nitrogens is 2. The summed E-state index contributed by atoms with van der Waals surface area (Å²) in [5.74, 6) is 1.70. The number of thiophene rings is 1. The van der Waals surface area contributed by atoms with Crippen LogP contribution in [0.15, 0.2) is 22.0 Å². The van der Waals surface area contributed by atoms with Crippen LogP contribution >= 0.6 is 11.3 Å². The third kappa shape index (κ3) is 5.12. The van der Waals surface area contributed by atoms with E-state index >= 15 is 0 Å². The fourth-order valence-corrected chi connectivity index (χ4v) is 3.67. The lowest BCUT2D eigenvalue weighted by Crippen LogP contribution is -2.48. The van der Waals surface area contributed by atoms with E-state index in [1.807, 2.05) is 22.4 Å². The number of hydrogen-bond acceptors (Lipinski definition) is 6. The quantitative estimate of drug-likeness (QED) is 0.722. The van der Waals surface area contributed by atoms with Gasteiger partial charge in [-0.3, -0.25) is 9.69 Å². The predicted molar refractivity (Wildman–Crippen MR) is 98.5 cm³/mol.